The zero-order valence-corrected chi connectivity index (χ0v) is 43.1. The quantitative estimate of drug-likeness (QED) is 0.116. The van der Waals surface area contributed by atoms with Crippen LogP contribution in [0.1, 0.15) is 57.8 Å². The molecule has 0 atom stereocenters. The van der Waals surface area contributed by atoms with Crippen LogP contribution in [0.5, 0.6) is 23.0 Å². The number of fused-ring (bicyclic) bond motifs is 2. The molecule has 2 aliphatic heterocycles. The molecule has 2 fully saturated rings. The minimum Gasteiger partial charge on any atom is -0.494 e. The molecule has 2 N–H and O–H groups in total. The first-order chi connectivity index (χ1) is 36.3. The number of ether oxygens (including phenoxy) is 6. The molecule has 8 aromatic rings. The van der Waals surface area contributed by atoms with Crippen molar-refractivity contribution in [2.24, 2.45) is 14.1 Å². The highest BCUT2D eigenvalue weighted by Crippen LogP contribution is 2.42. The summed E-state index contributed by atoms with van der Waals surface area (Å²) in [7, 11) is 13.6. The van der Waals surface area contributed by atoms with Gasteiger partial charge in [0.25, 0.3) is 5.91 Å². The van der Waals surface area contributed by atoms with Gasteiger partial charge < -0.3 is 61.7 Å². The lowest BCUT2D eigenvalue weighted by molar-refractivity contribution is 0.0252. The lowest BCUT2D eigenvalue weighted by atomic mass is 10.0. The van der Waals surface area contributed by atoms with Crippen molar-refractivity contribution >= 4 is 34.1 Å². The normalized spacial score (nSPS) is 13.7. The maximum absolute atomic E-state index is 12.7. The van der Waals surface area contributed by atoms with Crippen molar-refractivity contribution in [3.05, 3.63) is 108 Å². The number of carboxylic acid groups (broad SMARTS) is 1. The Morgan fingerprint density at radius 1 is 0.653 bits per heavy atom. The van der Waals surface area contributed by atoms with E-state index in [1.165, 1.54) is 22.6 Å². The molecule has 10 rings (SSSR count). The first-order valence-corrected chi connectivity index (χ1v) is 24.2. The number of aromatic carboxylic acids is 1. The van der Waals surface area contributed by atoms with Gasteiger partial charge in [-0.2, -0.15) is 10.5 Å². The minimum absolute atomic E-state index is 0.0259. The summed E-state index contributed by atoms with van der Waals surface area (Å²) in [5.74, 6) is 1.74. The van der Waals surface area contributed by atoms with Gasteiger partial charge >= 0.3 is 5.97 Å². The number of aromatic nitrogens is 4. The number of pyridine rings is 2. The van der Waals surface area contributed by atoms with Gasteiger partial charge in [-0.05, 0) is 61.6 Å². The van der Waals surface area contributed by atoms with Gasteiger partial charge in [0.1, 0.15) is 81.2 Å². The summed E-state index contributed by atoms with van der Waals surface area (Å²) in [6.07, 6.45) is 6.63. The fourth-order valence-electron chi connectivity index (χ4n) is 8.96. The Bertz CT molecular complexity index is 3430. The Balaban J connectivity index is 0.000000190. The zero-order chi connectivity index (χ0) is 53.3. The number of nitrogens with zero attached hydrogens (tertiary/aromatic N) is 7. The second kappa shape index (κ2) is 23.5. The molecule has 0 unspecified atom stereocenters. The van der Waals surface area contributed by atoms with E-state index in [2.05, 4.69) is 27.4 Å². The molecule has 0 radical (unpaired) electrons. The maximum atomic E-state index is 12.7. The topological polar surface area (TPSA) is 235 Å². The molecule has 0 aliphatic carbocycles. The number of carbonyl (C=O) groups excluding carboxylic acids is 1. The fraction of sp³-hybridized carbons (Fsp3) is 0.321. The number of hydrogen-bond acceptors (Lipinski definition) is 15. The molecule has 2 saturated heterocycles. The highest BCUT2D eigenvalue weighted by atomic mass is 16.5. The third kappa shape index (κ3) is 11.2. The van der Waals surface area contributed by atoms with Crippen molar-refractivity contribution in [3.8, 4) is 80.3 Å². The number of benzene rings is 2. The Morgan fingerprint density at radius 2 is 1.07 bits per heavy atom. The molecule has 1 amide bonds. The number of hydrogen-bond donors (Lipinski definition) is 2. The number of carboxylic acids is 1. The smallest absolute Gasteiger partial charge is 0.352 e. The summed E-state index contributed by atoms with van der Waals surface area (Å²) in [6.45, 7) is 2.63. The number of nitriles is 2. The van der Waals surface area contributed by atoms with Gasteiger partial charge in [0.15, 0.2) is 22.7 Å². The number of rotatable bonds is 12. The van der Waals surface area contributed by atoms with Crippen LogP contribution in [0.15, 0.2) is 94.0 Å². The van der Waals surface area contributed by atoms with Crippen LogP contribution in [-0.2, 0) is 23.6 Å². The molecule has 6 aromatic heterocycles. The summed E-state index contributed by atoms with van der Waals surface area (Å²) in [4.78, 5) is 34.7. The van der Waals surface area contributed by atoms with E-state index in [-0.39, 0.29) is 23.8 Å². The van der Waals surface area contributed by atoms with E-state index in [1.807, 2.05) is 56.6 Å². The lowest BCUT2D eigenvalue weighted by Crippen LogP contribution is -2.26. The highest BCUT2D eigenvalue weighted by Gasteiger charge is 2.27. The number of carbonyl (C=O) groups is 2. The average Bonchev–Trinajstić information content (AvgIpc) is 4.23. The van der Waals surface area contributed by atoms with Gasteiger partial charge in [-0.3, -0.25) is 14.8 Å². The summed E-state index contributed by atoms with van der Waals surface area (Å²) >= 11 is 0. The molecule has 8 heterocycles. The zero-order valence-electron chi connectivity index (χ0n) is 43.1. The molecular weight excluding hydrogens is 961 g/mol. The number of nitrogens with one attached hydrogen (secondary N) is 1. The molecule has 0 saturated carbocycles. The number of methoxy groups -OCH3 is 2. The molecule has 0 bridgehead atoms. The van der Waals surface area contributed by atoms with Gasteiger partial charge in [-0.1, -0.05) is 12.1 Å². The van der Waals surface area contributed by atoms with Crippen molar-refractivity contribution in [3.63, 3.8) is 0 Å². The maximum Gasteiger partial charge on any atom is 0.352 e. The number of furan rings is 2. The predicted molar refractivity (Wildman–Crippen MR) is 279 cm³/mol. The second-order valence-corrected chi connectivity index (χ2v) is 17.9. The first kappa shape index (κ1) is 52.7. The van der Waals surface area contributed by atoms with E-state index in [9.17, 15) is 25.2 Å². The van der Waals surface area contributed by atoms with E-state index in [0.29, 0.717) is 111 Å². The molecule has 2 aromatic carbocycles. The van der Waals surface area contributed by atoms with Gasteiger partial charge in [0, 0.05) is 102 Å². The Morgan fingerprint density at radius 3 is 1.45 bits per heavy atom. The van der Waals surface area contributed by atoms with Crippen LogP contribution in [0.4, 0.5) is 0 Å². The first-order valence-electron chi connectivity index (χ1n) is 24.2. The van der Waals surface area contributed by atoms with Gasteiger partial charge in [0.05, 0.1) is 51.8 Å². The summed E-state index contributed by atoms with van der Waals surface area (Å²) in [5.41, 5.74) is 8.03. The van der Waals surface area contributed by atoms with E-state index >= 15 is 0 Å². The third-order valence-corrected chi connectivity index (χ3v) is 12.7. The van der Waals surface area contributed by atoms with E-state index < -0.39 is 5.97 Å². The van der Waals surface area contributed by atoms with E-state index in [1.54, 1.807) is 76.5 Å². The molecule has 19 nitrogen and oxygen atoms in total. The van der Waals surface area contributed by atoms with Crippen LogP contribution in [-0.4, -0.2) is 122 Å². The highest BCUT2D eigenvalue weighted by molar-refractivity contribution is 5.97. The van der Waals surface area contributed by atoms with Crippen LogP contribution in [0.25, 0.3) is 67.4 Å². The largest absolute Gasteiger partial charge is 0.494 e. The molecule has 75 heavy (non-hydrogen) atoms. The van der Waals surface area contributed by atoms with Crippen molar-refractivity contribution < 1.29 is 52.0 Å². The summed E-state index contributed by atoms with van der Waals surface area (Å²) in [6, 6.07) is 25.9. The third-order valence-electron chi connectivity index (χ3n) is 12.7. The summed E-state index contributed by atoms with van der Waals surface area (Å²) in [5, 5.41) is 31.8. The second-order valence-electron chi connectivity index (χ2n) is 17.9. The Kier molecular flexibility index (Phi) is 16.5. The standard InChI is InChI=1S/C28H28N4O5.C26H23N3O6.C2H7N/c1-31(2)28(33)22-15-24(34-4)26(32(22)3)25-14-21-27(37-25)20(7-10-30-21)17-5-6-23(18(13-17)16-29)36-19-8-11-35-12-9-19;1-29-20(26(30)31)13-22(32-2)24(29)23-12-19-25(35-23)18(5-8-28-19)15-3-4-21(16(11-15)14-27)34-17-6-9-33-10-7-17;1-3-2/h5-7,10,13-15,19H,8-9,11-12H2,1-4H3;3-5,8,11-13,17H,6-7,9-10H2,1-2H3,(H,30,31);3H,1-2H3. The molecule has 2 aliphatic rings. The molecule has 388 valence electrons. The van der Waals surface area contributed by atoms with Gasteiger partial charge in [-0.25, -0.2) is 4.79 Å². The average molecular weight is 1020 g/mol. The van der Waals surface area contributed by atoms with E-state index in [0.717, 1.165) is 47.9 Å². The monoisotopic (exact) mass is 1020 g/mol. The fourth-order valence-corrected chi connectivity index (χ4v) is 8.96. The minimum atomic E-state index is -1.07. The van der Waals surface area contributed by atoms with Crippen LogP contribution < -0.4 is 24.3 Å². The van der Waals surface area contributed by atoms with Crippen molar-refractivity contribution in [2.75, 3.05) is 68.8 Å². The molecule has 0 spiro atoms. The van der Waals surface area contributed by atoms with Crippen LogP contribution >= 0.6 is 0 Å². The Hall–Kier alpha value is -8.62. The van der Waals surface area contributed by atoms with Crippen LogP contribution in [0.2, 0.25) is 0 Å². The lowest BCUT2D eigenvalue weighted by Gasteiger charge is -2.23. The van der Waals surface area contributed by atoms with Crippen molar-refractivity contribution in [1.29, 1.82) is 10.5 Å². The van der Waals surface area contributed by atoms with E-state index in [4.69, 9.17) is 37.3 Å². The molecule has 19 heteroatoms. The van der Waals surface area contributed by atoms with Gasteiger partial charge in [0.2, 0.25) is 0 Å². The van der Waals surface area contributed by atoms with Crippen LogP contribution in [0, 0.1) is 22.7 Å². The molecular formula is C56H58N8O11. The van der Waals surface area contributed by atoms with Crippen molar-refractivity contribution in [1.82, 2.24) is 29.3 Å². The Labute approximate surface area is 433 Å². The predicted octanol–water partition coefficient (Wildman–Crippen LogP) is 9.11. The van der Waals surface area contributed by atoms with Crippen LogP contribution in [0.3, 0.4) is 0 Å². The SMILES string of the molecule is CNC.COc1cc(C(=O)N(C)C)n(C)c1-c1cc2nccc(-c3ccc(OC4CCOCC4)c(C#N)c3)c2o1.COc1cc(C(=O)O)n(C)c1-c1cc2nccc(-c3ccc(OC4CCOCC4)c(C#N)c3)c2o1. The van der Waals surface area contributed by atoms with Crippen molar-refractivity contribution in [2.45, 2.75) is 37.9 Å². The number of amides is 1. The van der Waals surface area contributed by atoms with Gasteiger partial charge in [-0.15, -0.1) is 0 Å². The summed E-state index contributed by atoms with van der Waals surface area (Å²) < 4.78 is 49.7.